The Kier molecular flexibility index (Phi) is 4.39. The van der Waals surface area contributed by atoms with Crippen LogP contribution >= 0.6 is 11.8 Å². The smallest absolute Gasteiger partial charge is 0.233 e. The molecule has 0 unspecified atom stereocenters. The number of amides is 1. The van der Waals surface area contributed by atoms with Crippen molar-refractivity contribution in [3.05, 3.63) is 54.7 Å². The lowest BCUT2D eigenvalue weighted by molar-refractivity contribution is -0.127. The van der Waals surface area contributed by atoms with Crippen LogP contribution in [0.2, 0.25) is 0 Å². The lowest BCUT2D eigenvalue weighted by Gasteiger charge is -2.15. The van der Waals surface area contributed by atoms with Gasteiger partial charge in [0.2, 0.25) is 5.91 Å². The molecule has 112 valence electrons. The first-order valence-corrected chi connectivity index (χ1v) is 7.81. The number of carbonyl (C=O) groups excluding carboxylic acids is 1. The number of aromatic nitrogens is 2. The van der Waals surface area contributed by atoms with Crippen LogP contribution in [0.1, 0.15) is 5.76 Å². The van der Waals surface area contributed by atoms with Crippen LogP contribution in [0, 0.1) is 0 Å². The van der Waals surface area contributed by atoms with Gasteiger partial charge in [0.15, 0.2) is 0 Å². The van der Waals surface area contributed by atoms with Gasteiger partial charge in [-0.1, -0.05) is 30.0 Å². The molecule has 0 aliphatic heterocycles. The van der Waals surface area contributed by atoms with Crippen LogP contribution in [0.25, 0.3) is 10.9 Å². The highest BCUT2D eigenvalue weighted by molar-refractivity contribution is 8.00. The number of benzene rings is 1. The fourth-order valence-corrected chi connectivity index (χ4v) is 2.99. The summed E-state index contributed by atoms with van der Waals surface area (Å²) < 4.78 is 5.25. The predicted octanol–water partition coefficient (Wildman–Crippen LogP) is 2.97. The number of para-hydroxylation sites is 1. The van der Waals surface area contributed by atoms with Gasteiger partial charge in [-0.05, 0) is 18.2 Å². The third-order valence-corrected chi connectivity index (χ3v) is 4.23. The van der Waals surface area contributed by atoms with Crippen molar-refractivity contribution in [2.45, 2.75) is 11.6 Å². The lowest BCUT2D eigenvalue weighted by atomic mass is 10.2. The highest BCUT2D eigenvalue weighted by Crippen LogP contribution is 2.24. The number of carbonyl (C=O) groups is 1. The maximum absolute atomic E-state index is 12.2. The molecule has 1 aromatic carbocycles. The van der Waals surface area contributed by atoms with Crippen molar-refractivity contribution in [1.82, 2.24) is 14.9 Å². The fourth-order valence-electron chi connectivity index (χ4n) is 2.06. The highest BCUT2D eigenvalue weighted by Gasteiger charge is 2.12. The van der Waals surface area contributed by atoms with Gasteiger partial charge < -0.3 is 9.32 Å². The van der Waals surface area contributed by atoms with E-state index in [1.54, 1.807) is 18.2 Å². The summed E-state index contributed by atoms with van der Waals surface area (Å²) in [5.41, 5.74) is 0.886. The zero-order valence-corrected chi connectivity index (χ0v) is 12.9. The summed E-state index contributed by atoms with van der Waals surface area (Å²) in [5, 5.41) is 1.79. The molecule has 0 saturated heterocycles. The van der Waals surface area contributed by atoms with E-state index < -0.39 is 0 Å². The van der Waals surface area contributed by atoms with Crippen LogP contribution in [-0.4, -0.2) is 33.6 Å². The minimum absolute atomic E-state index is 0.0316. The molecule has 3 rings (SSSR count). The van der Waals surface area contributed by atoms with E-state index in [-0.39, 0.29) is 5.91 Å². The van der Waals surface area contributed by atoms with Gasteiger partial charge >= 0.3 is 0 Å². The summed E-state index contributed by atoms with van der Waals surface area (Å²) in [6, 6.07) is 11.5. The van der Waals surface area contributed by atoms with E-state index in [1.165, 1.54) is 18.1 Å². The summed E-state index contributed by atoms with van der Waals surface area (Å²) in [7, 11) is 1.77. The van der Waals surface area contributed by atoms with E-state index in [1.807, 2.05) is 36.4 Å². The number of hydrogen-bond acceptors (Lipinski definition) is 5. The molecule has 0 fully saturated rings. The molecule has 5 nitrogen and oxygen atoms in total. The standard InChI is InChI=1S/C16H15N3O2S/c1-19(9-12-5-4-8-21-12)15(20)10-22-16-13-6-2-3-7-14(13)17-11-18-16/h2-8,11H,9-10H2,1H3. The van der Waals surface area contributed by atoms with Crippen LogP contribution in [0.5, 0.6) is 0 Å². The van der Waals surface area contributed by atoms with Crippen molar-refractivity contribution in [2.75, 3.05) is 12.8 Å². The number of fused-ring (bicyclic) bond motifs is 1. The van der Waals surface area contributed by atoms with E-state index >= 15 is 0 Å². The number of furan rings is 1. The largest absolute Gasteiger partial charge is 0.467 e. The Balaban J connectivity index is 1.65. The molecule has 3 aromatic rings. The predicted molar refractivity (Wildman–Crippen MR) is 85.4 cm³/mol. The Morgan fingerprint density at radius 3 is 2.91 bits per heavy atom. The van der Waals surface area contributed by atoms with Crippen LogP contribution in [0.3, 0.4) is 0 Å². The van der Waals surface area contributed by atoms with Crippen molar-refractivity contribution in [3.63, 3.8) is 0 Å². The zero-order valence-electron chi connectivity index (χ0n) is 12.1. The molecule has 0 spiro atoms. The molecule has 0 bridgehead atoms. The second kappa shape index (κ2) is 6.62. The molecule has 1 amide bonds. The van der Waals surface area contributed by atoms with Crippen molar-refractivity contribution in [1.29, 1.82) is 0 Å². The molecule has 2 heterocycles. The van der Waals surface area contributed by atoms with Crippen LogP contribution in [0.4, 0.5) is 0 Å². The average Bonchev–Trinajstić information content (AvgIpc) is 3.05. The van der Waals surface area contributed by atoms with Gasteiger partial charge in [-0.2, -0.15) is 0 Å². The second-order valence-corrected chi connectivity index (χ2v) is 5.78. The van der Waals surface area contributed by atoms with E-state index in [4.69, 9.17) is 4.42 Å². The van der Waals surface area contributed by atoms with Crippen molar-refractivity contribution in [3.8, 4) is 0 Å². The van der Waals surface area contributed by atoms with Gasteiger partial charge in [-0.15, -0.1) is 0 Å². The van der Waals surface area contributed by atoms with Gasteiger partial charge in [-0.3, -0.25) is 4.79 Å². The molecule has 0 radical (unpaired) electrons. The lowest BCUT2D eigenvalue weighted by Crippen LogP contribution is -2.27. The minimum atomic E-state index is 0.0316. The quantitative estimate of drug-likeness (QED) is 0.535. The van der Waals surface area contributed by atoms with E-state index in [0.29, 0.717) is 12.3 Å². The van der Waals surface area contributed by atoms with Gasteiger partial charge in [0.05, 0.1) is 24.1 Å². The Hall–Kier alpha value is -2.34. The summed E-state index contributed by atoms with van der Waals surface area (Å²) in [6.07, 6.45) is 3.14. The van der Waals surface area contributed by atoms with Crippen molar-refractivity contribution in [2.24, 2.45) is 0 Å². The topological polar surface area (TPSA) is 59.2 Å². The first-order valence-electron chi connectivity index (χ1n) is 6.83. The number of hydrogen-bond donors (Lipinski definition) is 0. The molecule has 0 N–H and O–H groups in total. The van der Waals surface area contributed by atoms with Gasteiger partial charge in [0.1, 0.15) is 17.1 Å². The first kappa shape index (κ1) is 14.6. The summed E-state index contributed by atoms with van der Waals surface area (Å²) >= 11 is 1.43. The molecule has 0 atom stereocenters. The average molecular weight is 313 g/mol. The van der Waals surface area contributed by atoms with Crippen LogP contribution < -0.4 is 0 Å². The summed E-state index contributed by atoms with van der Waals surface area (Å²) in [6.45, 7) is 0.469. The molecule has 2 aromatic heterocycles. The number of thioether (sulfide) groups is 1. The van der Waals surface area contributed by atoms with Gasteiger partial charge in [0.25, 0.3) is 0 Å². The maximum Gasteiger partial charge on any atom is 0.233 e. The minimum Gasteiger partial charge on any atom is -0.467 e. The molecular weight excluding hydrogens is 298 g/mol. The van der Waals surface area contributed by atoms with Gasteiger partial charge in [0, 0.05) is 12.4 Å². The second-order valence-electron chi connectivity index (χ2n) is 4.81. The maximum atomic E-state index is 12.2. The Bertz CT molecular complexity index is 769. The Labute approximate surface area is 132 Å². The Morgan fingerprint density at radius 2 is 2.09 bits per heavy atom. The monoisotopic (exact) mass is 313 g/mol. The van der Waals surface area contributed by atoms with E-state index in [0.717, 1.165) is 21.7 Å². The highest BCUT2D eigenvalue weighted by atomic mass is 32.2. The van der Waals surface area contributed by atoms with Crippen LogP contribution in [0.15, 0.2) is 58.4 Å². The molecular formula is C16H15N3O2S. The zero-order chi connectivity index (χ0) is 15.4. The normalized spacial score (nSPS) is 10.8. The van der Waals surface area contributed by atoms with E-state index in [2.05, 4.69) is 9.97 Å². The van der Waals surface area contributed by atoms with Crippen molar-refractivity contribution >= 4 is 28.6 Å². The van der Waals surface area contributed by atoms with Gasteiger partial charge in [-0.25, -0.2) is 9.97 Å². The SMILES string of the molecule is CN(Cc1ccco1)C(=O)CSc1ncnc2ccccc12. The van der Waals surface area contributed by atoms with E-state index in [9.17, 15) is 4.79 Å². The molecule has 0 saturated carbocycles. The third kappa shape index (κ3) is 3.28. The Morgan fingerprint density at radius 1 is 1.23 bits per heavy atom. The van der Waals surface area contributed by atoms with Crippen LogP contribution in [-0.2, 0) is 11.3 Å². The fraction of sp³-hybridized carbons (Fsp3) is 0.188. The number of nitrogens with zero attached hydrogens (tertiary/aromatic N) is 3. The third-order valence-electron chi connectivity index (χ3n) is 3.24. The molecule has 22 heavy (non-hydrogen) atoms. The molecule has 0 aliphatic rings. The summed E-state index contributed by atoms with van der Waals surface area (Å²) in [4.78, 5) is 22.3. The molecule has 6 heteroatoms. The molecule has 0 aliphatic carbocycles. The van der Waals surface area contributed by atoms with Crippen molar-refractivity contribution < 1.29 is 9.21 Å². The first-order chi connectivity index (χ1) is 10.7. The summed E-state index contributed by atoms with van der Waals surface area (Å²) in [5.74, 6) is 1.13. The number of rotatable bonds is 5.